The molecule has 0 amide bonds. The van der Waals surface area contributed by atoms with Gasteiger partial charge in [0, 0.05) is 0 Å². The highest BCUT2D eigenvalue weighted by Gasteiger charge is 2.27. The third kappa shape index (κ3) is 0.444. The normalized spacial score (nSPS) is 49.2. The topological polar surface area (TPSA) is 0 Å². The van der Waals surface area contributed by atoms with Gasteiger partial charge in [0.25, 0.3) is 0 Å². The molecule has 0 heteroatoms. The lowest BCUT2D eigenvalue weighted by atomic mass is 10.4. The van der Waals surface area contributed by atoms with E-state index in [4.69, 9.17) is 0 Å². The van der Waals surface area contributed by atoms with E-state index in [9.17, 15) is 0 Å². The van der Waals surface area contributed by atoms with Crippen molar-refractivity contribution in [3.63, 3.8) is 0 Å². The second-order valence-corrected chi connectivity index (χ2v) is 1.74. The van der Waals surface area contributed by atoms with Gasteiger partial charge < -0.3 is 0 Å². The van der Waals surface area contributed by atoms with Crippen LogP contribution >= 0.6 is 0 Å². The molecule has 0 aromatic carbocycles. The van der Waals surface area contributed by atoms with E-state index in [1.54, 1.807) is 0 Å². The summed E-state index contributed by atoms with van der Waals surface area (Å²) >= 11 is 0. The Bertz CT molecular complexity index is 33.3. The molecule has 0 N–H and O–H groups in total. The van der Waals surface area contributed by atoms with Gasteiger partial charge in [0.1, 0.15) is 0 Å². The zero-order valence-electron chi connectivity index (χ0n) is 3.65. The smallest absolute Gasteiger partial charge is 0.0106 e. The van der Waals surface area contributed by atoms with Gasteiger partial charge in [0.15, 0.2) is 0 Å². The van der Waals surface area contributed by atoms with Gasteiger partial charge in [-0.1, -0.05) is 13.8 Å². The lowest BCUT2D eigenvalue weighted by molar-refractivity contribution is 0.834. The molecule has 0 heterocycles. The largest absolute Gasteiger partial charge is 0.0616 e. The third-order valence-corrected chi connectivity index (χ3v) is 1.17. The molecule has 0 aromatic rings. The molecule has 2 atom stereocenters. The van der Waals surface area contributed by atoms with E-state index in [1.165, 1.54) is 0 Å². The summed E-state index contributed by atoms with van der Waals surface area (Å²) in [6.07, 6.45) is 3.19. The molecule has 0 aromatic heterocycles. The van der Waals surface area contributed by atoms with Crippen molar-refractivity contribution in [1.82, 2.24) is 0 Å². The SMILES string of the molecule is C[C@H]1[C][C@@H]1C. The van der Waals surface area contributed by atoms with Crippen LogP contribution in [0.2, 0.25) is 0 Å². The minimum absolute atomic E-state index is 0.801. The van der Waals surface area contributed by atoms with Crippen molar-refractivity contribution >= 4 is 0 Å². The fourth-order valence-electron chi connectivity index (χ4n) is 0.359. The second kappa shape index (κ2) is 0.735. The molecule has 1 rings (SSSR count). The fourth-order valence-corrected chi connectivity index (χ4v) is 0.359. The highest BCUT2D eigenvalue weighted by molar-refractivity contribution is 4.99. The predicted octanol–water partition coefficient (Wildman–Crippen LogP) is 1.35. The van der Waals surface area contributed by atoms with Gasteiger partial charge >= 0.3 is 0 Å². The maximum absolute atomic E-state index is 3.19. The zero-order valence-corrected chi connectivity index (χ0v) is 3.65. The minimum Gasteiger partial charge on any atom is -0.0616 e. The summed E-state index contributed by atoms with van der Waals surface area (Å²) in [5.74, 6) is 1.60. The molecule has 0 spiro atoms. The monoisotopic (exact) mass is 68.1 g/mol. The average Bonchev–Trinajstić information content (AvgIpc) is 1.79. The van der Waals surface area contributed by atoms with Crippen molar-refractivity contribution < 1.29 is 0 Å². The average molecular weight is 68.1 g/mol. The first-order valence-corrected chi connectivity index (χ1v) is 2.07. The van der Waals surface area contributed by atoms with E-state index < -0.39 is 0 Å². The van der Waals surface area contributed by atoms with Gasteiger partial charge in [-0.2, -0.15) is 0 Å². The fraction of sp³-hybridized carbons (Fsp3) is 0.800. The number of hydrogen-bond acceptors (Lipinski definition) is 0. The van der Waals surface area contributed by atoms with Crippen LogP contribution in [0.3, 0.4) is 0 Å². The molecule has 1 fully saturated rings. The molecule has 28 valence electrons. The molecular formula is C5H8. The summed E-state index contributed by atoms with van der Waals surface area (Å²) in [6.45, 7) is 4.37. The first-order valence-electron chi connectivity index (χ1n) is 2.07. The van der Waals surface area contributed by atoms with Gasteiger partial charge in [-0.05, 0) is 18.3 Å². The molecule has 0 bridgehead atoms. The van der Waals surface area contributed by atoms with E-state index in [0.29, 0.717) is 0 Å². The molecule has 1 saturated carbocycles. The first-order chi connectivity index (χ1) is 2.30. The first kappa shape index (κ1) is 3.20. The Hall–Kier alpha value is 0. The lowest BCUT2D eigenvalue weighted by Gasteiger charge is -1.66. The van der Waals surface area contributed by atoms with Crippen LogP contribution in [0.25, 0.3) is 0 Å². The van der Waals surface area contributed by atoms with E-state index in [-0.39, 0.29) is 0 Å². The van der Waals surface area contributed by atoms with Crippen LogP contribution < -0.4 is 0 Å². The van der Waals surface area contributed by atoms with Crippen molar-refractivity contribution in [2.75, 3.05) is 0 Å². The molecule has 1 aliphatic rings. The standard InChI is InChI=1S/C5H8/c1-4-3-5(4)2/h4-5H,1-2H3/t4-,5-/m0/s1. The van der Waals surface area contributed by atoms with Crippen molar-refractivity contribution in [1.29, 1.82) is 0 Å². The Balaban J connectivity index is 2.20. The number of hydrogen-bond donors (Lipinski definition) is 0. The summed E-state index contributed by atoms with van der Waals surface area (Å²) in [4.78, 5) is 0. The molecule has 1 aliphatic carbocycles. The summed E-state index contributed by atoms with van der Waals surface area (Å²) in [6, 6.07) is 0. The Kier molecular flexibility index (Phi) is 0.470. The van der Waals surface area contributed by atoms with Crippen LogP contribution in [0, 0.1) is 18.3 Å². The summed E-state index contributed by atoms with van der Waals surface area (Å²) in [7, 11) is 0. The van der Waals surface area contributed by atoms with Gasteiger partial charge in [-0.15, -0.1) is 0 Å². The van der Waals surface area contributed by atoms with Crippen molar-refractivity contribution in [3.05, 3.63) is 6.42 Å². The van der Waals surface area contributed by atoms with Crippen LogP contribution in [-0.2, 0) is 0 Å². The van der Waals surface area contributed by atoms with E-state index in [2.05, 4.69) is 20.3 Å². The molecule has 5 heavy (non-hydrogen) atoms. The lowest BCUT2D eigenvalue weighted by Crippen LogP contribution is -1.58. The summed E-state index contributed by atoms with van der Waals surface area (Å²) in [5, 5.41) is 0. The van der Waals surface area contributed by atoms with Crippen LogP contribution in [0.5, 0.6) is 0 Å². The van der Waals surface area contributed by atoms with E-state index >= 15 is 0 Å². The molecule has 0 nitrogen and oxygen atoms in total. The Morgan fingerprint density at radius 1 is 1.20 bits per heavy atom. The van der Waals surface area contributed by atoms with Crippen LogP contribution in [0.1, 0.15) is 13.8 Å². The zero-order chi connectivity index (χ0) is 3.86. The van der Waals surface area contributed by atoms with Crippen molar-refractivity contribution in [2.24, 2.45) is 11.8 Å². The van der Waals surface area contributed by atoms with Crippen LogP contribution in [0.4, 0.5) is 0 Å². The maximum Gasteiger partial charge on any atom is -0.0106 e. The van der Waals surface area contributed by atoms with E-state index in [1.807, 2.05) is 0 Å². The minimum atomic E-state index is 0.801. The van der Waals surface area contributed by atoms with Crippen molar-refractivity contribution in [2.45, 2.75) is 13.8 Å². The Labute approximate surface area is 33.2 Å². The van der Waals surface area contributed by atoms with Gasteiger partial charge in [-0.3, -0.25) is 0 Å². The maximum atomic E-state index is 3.19. The van der Waals surface area contributed by atoms with Gasteiger partial charge in [0.05, 0.1) is 0 Å². The van der Waals surface area contributed by atoms with Gasteiger partial charge in [-0.25, -0.2) is 0 Å². The van der Waals surface area contributed by atoms with Crippen LogP contribution in [-0.4, -0.2) is 0 Å². The molecule has 0 saturated heterocycles. The highest BCUT2D eigenvalue weighted by atomic mass is 14.3. The molecule has 0 aliphatic heterocycles. The summed E-state index contributed by atoms with van der Waals surface area (Å²) < 4.78 is 0. The van der Waals surface area contributed by atoms with Gasteiger partial charge in [0.2, 0.25) is 0 Å². The van der Waals surface area contributed by atoms with Crippen LogP contribution in [0.15, 0.2) is 0 Å². The molecule has 2 radical (unpaired) electrons. The molecular weight excluding hydrogens is 60.1 g/mol. The summed E-state index contributed by atoms with van der Waals surface area (Å²) in [5.41, 5.74) is 0. The number of rotatable bonds is 0. The Morgan fingerprint density at radius 3 is 1.40 bits per heavy atom. The third-order valence-electron chi connectivity index (χ3n) is 1.17. The highest BCUT2D eigenvalue weighted by Crippen LogP contribution is 2.34. The van der Waals surface area contributed by atoms with E-state index in [0.717, 1.165) is 11.8 Å². The Morgan fingerprint density at radius 2 is 1.40 bits per heavy atom. The second-order valence-electron chi connectivity index (χ2n) is 1.74. The van der Waals surface area contributed by atoms with Crippen molar-refractivity contribution in [3.8, 4) is 0 Å². The predicted molar refractivity (Wildman–Crippen MR) is 21.6 cm³/mol. The molecule has 0 unspecified atom stereocenters. The quantitative estimate of drug-likeness (QED) is 0.402.